The zero-order valence-corrected chi connectivity index (χ0v) is 20.7. The van der Waals surface area contributed by atoms with Gasteiger partial charge >= 0.3 is 0 Å². The Hall–Kier alpha value is -3.67. The molecule has 1 aliphatic rings. The van der Waals surface area contributed by atoms with Crippen LogP contribution in [-0.4, -0.2) is 41.8 Å². The van der Waals surface area contributed by atoms with Gasteiger partial charge in [-0.3, -0.25) is 14.4 Å². The van der Waals surface area contributed by atoms with Gasteiger partial charge in [0.1, 0.15) is 6.04 Å². The first-order valence-corrected chi connectivity index (χ1v) is 12.4. The number of hydrogen-bond acceptors (Lipinski definition) is 3. The van der Waals surface area contributed by atoms with Crippen LogP contribution in [0.1, 0.15) is 54.6 Å². The van der Waals surface area contributed by atoms with Gasteiger partial charge in [0.05, 0.1) is 5.69 Å². The lowest BCUT2D eigenvalue weighted by atomic mass is 10.1. The first-order chi connectivity index (χ1) is 16.9. The summed E-state index contributed by atoms with van der Waals surface area (Å²) in [5.74, 6) is -0.260. The van der Waals surface area contributed by atoms with E-state index in [4.69, 9.17) is 0 Å². The summed E-state index contributed by atoms with van der Waals surface area (Å²) in [5.41, 5.74) is 3.74. The van der Waals surface area contributed by atoms with Crippen molar-refractivity contribution in [3.8, 4) is 0 Å². The van der Waals surface area contributed by atoms with E-state index >= 15 is 0 Å². The molecule has 1 atom stereocenters. The Labute approximate surface area is 206 Å². The van der Waals surface area contributed by atoms with Gasteiger partial charge in [-0.1, -0.05) is 61.0 Å². The quantitative estimate of drug-likeness (QED) is 0.460. The SMILES string of the molecule is CCCNC(=O)C(C)N(Cc1ccc(C)cc1)C(=O)CCCN1C(=O)c2cccc3cccc1c23. The average molecular weight is 472 g/mol. The fourth-order valence-corrected chi connectivity index (χ4v) is 4.60. The predicted molar refractivity (Wildman–Crippen MR) is 139 cm³/mol. The summed E-state index contributed by atoms with van der Waals surface area (Å²) in [4.78, 5) is 42.5. The zero-order valence-electron chi connectivity index (χ0n) is 20.7. The van der Waals surface area contributed by atoms with Crippen LogP contribution < -0.4 is 10.2 Å². The van der Waals surface area contributed by atoms with Crippen LogP contribution in [0.3, 0.4) is 0 Å². The van der Waals surface area contributed by atoms with E-state index in [0.717, 1.165) is 34.0 Å². The lowest BCUT2D eigenvalue weighted by Gasteiger charge is -2.29. The summed E-state index contributed by atoms with van der Waals surface area (Å²) in [5, 5.41) is 4.93. The largest absolute Gasteiger partial charge is 0.354 e. The second-order valence-electron chi connectivity index (χ2n) is 9.22. The molecule has 3 aromatic rings. The minimum atomic E-state index is -0.582. The van der Waals surface area contributed by atoms with Crippen LogP contribution in [0.5, 0.6) is 0 Å². The average Bonchev–Trinajstić information content (AvgIpc) is 3.14. The van der Waals surface area contributed by atoms with Gasteiger partial charge in [-0.25, -0.2) is 0 Å². The Bertz CT molecular complexity index is 1230. The Morgan fingerprint density at radius 2 is 1.74 bits per heavy atom. The van der Waals surface area contributed by atoms with Gasteiger partial charge < -0.3 is 15.1 Å². The molecule has 0 saturated carbocycles. The van der Waals surface area contributed by atoms with E-state index in [-0.39, 0.29) is 24.1 Å². The molecule has 182 valence electrons. The second-order valence-corrected chi connectivity index (χ2v) is 9.22. The molecule has 3 aromatic carbocycles. The third-order valence-corrected chi connectivity index (χ3v) is 6.61. The summed E-state index contributed by atoms with van der Waals surface area (Å²) >= 11 is 0. The van der Waals surface area contributed by atoms with E-state index in [1.165, 1.54) is 0 Å². The molecule has 4 rings (SSSR count). The van der Waals surface area contributed by atoms with E-state index in [0.29, 0.717) is 31.6 Å². The molecule has 0 spiro atoms. The molecular formula is C29H33N3O3. The molecule has 1 unspecified atom stereocenters. The number of aryl methyl sites for hydroxylation is 1. The van der Waals surface area contributed by atoms with Crippen molar-refractivity contribution in [1.82, 2.24) is 10.2 Å². The molecule has 3 amide bonds. The highest BCUT2D eigenvalue weighted by atomic mass is 16.2. The van der Waals surface area contributed by atoms with E-state index in [1.807, 2.05) is 74.5 Å². The number of nitrogens with one attached hydrogen (secondary N) is 1. The predicted octanol–water partition coefficient (Wildman–Crippen LogP) is 4.83. The molecule has 0 aliphatic carbocycles. The number of benzene rings is 3. The summed E-state index contributed by atoms with van der Waals surface area (Å²) in [6, 6.07) is 19.1. The molecule has 1 aliphatic heterocycles. The number of rotatable bonds is 10. The molecule has 1 N–H and O–H groups in total. The number of amides is 3. The highest BCUT2D eigenvalue weighted by Crippen LogP contribution is 2.37. The number of carbonyl (C=O) groups excluding carboxylic acids is 3. The minimum Gasteiger partial charge on any atom is -0.354 e. The van der Waals surface area contributed by atoms with E-state index < -0.39 is 6.04 Å². The first kappa shape index (κ1) is 24.5. The zero-order chi connectivity index (χ0) is 24.9. The van der Waals surface area contributed by atoms with Crippen molar-refractivity contribution < 1.29 is 14.4 Å². The van der Waals surface area contributed by atoms with Crippen LogP contribution in [-0.2, 0) is 16.1 Å². The molecule has 35 heavy (non-hydrogen) atoms. The summed E-state index contributed by atoms with van der Waals surface area (Å²) < 4.78 is 0. The fraction of sp³-hybridized carbons (Fsp3) is 0.345. The van der Waals surface area contributed by atoms with E-state index in [2.05, 4.69) is 5.32 Å². The third kappa shape index (κ3) is 5.21. The topological polar surface area (TPSA) is 69.7 Å². The standard InChI is InChI=1S/C29H33N3O3/c1-4-17-30-28(34)21(3)32(19-22-15-13-20(2)14-16-22)26(33)12-7-18-31-25-11-6-9-23-8-5-10-24(27(23)25)29(31)35/h5-6,8-11,13-16,21H,4,7,12,17-19H2,1-3H3,(H,30,34). The van der Waals surface area contributed by atoms with Gasteiger partial charge in [0, 0.05) is 37.0 Å². The van der Waals surface area contributed by atoms with Gasteiger partial charge in [0.2, 0.25) is 11.8 Å². The van der Waals surface area contributed by atoms with Gasteiger partial charge in [-0.15, -0.1) is 0 Å². The molecule has 6 heteroatoms. The van der Waals surface area contributed by atoms with E-state index in [1.54, 1.807) is 16.7 Å². The van der Waals surface area contributed by atoms with Gasteiger partial charge in [-0.05, 0) is 49.8 Å². The van der Waals surface area contributed by atoms with Crippen molar-refractivity contribution in [2.45, 2.75) is 52.6 Å². The maximum atomic E-state index is 13.3. The smallest absolute Gasteiger partial charge is 0.258 e. The lowest BCUT2D eigenvalue weighted by molar-refractivity contribution is -0.140. The minimum absolute atomic E-state index is 0.0203. The number of carbonyl (C=O) groups is 3. The Kier molecular flexibility index (Phi) is 7.49. The maximum absolute atomic E-state index is 13.3. The monoisotopic (exact) mass is 471 g/mol. The first-order valence-electron chi connectivity index (χ1n) is 12.4. The number of hydrogen-bond donors (Lipinski definition) is 1. The van der Waals surface area contributed by atoms with Crippen LogP contribution in [0, 0.1) is 6.92 Å². The Morgan fingerprint density at radius 3 is 2.46 bits per heavy atom. The van der Waals surface area contributed by atoms with Crippen molar-refractivity contribution in [3.63, 3.8) is 0 Å². The molecule has 0 radical (unpaired) electrons. The number of nitrogens with zero attached hydrogens (tertiary/aromatic N) is 2. The number of anilines is 1. The molecule has 1 heterocycles. The van der Waals surface area contributed by atoms with Crippen LogP contribution >= 0.6 is 0 Å². The highest BCUT2D eigenvalue weighted by Gasteiger charge is 2.30. The van der Waals surface area contributed by atoms with Crippen molar-refractivity contribution in [1.29, 1.82) is 0 Å². The maximum Gasteiger partial charge on any atom is 0.258 e. The molecule has 0 aromatic heterocycles. The van der Waals surface area contributed by atoms with Crippen molar-refractivity contribution in [2.75, 3.05) is 18.0 Å². The van der Waals surface area contributed by atoms with Crippen LogP contribution in [0.2, 0.25) is 0 Å². The summed E-state index contributed by atoms with van der Waals surface area (Å²) in [7, 11) is 0. The Morgan fingerprint density at radius 1 is 1.03 bits per heavy atom. The summed E-state index contributed by atoms with van der Waals surface area (Å²) in [6.45, 7) is 7.20. The van der Waals surface area contributed by atoms with Crippen molar-refractivity contribution in [2.24, 2.45) is 0 Å². The van der Waals surface area contributed by atoms with E-state index in [9.17, 15) is 14.4 Å². The van der Waals surface area contributed by atoms with Crippen molar-refractivity contribution >= 4 is 34.2 Å². The van der Waals surface area contributed by atoms with Gasteiger partial charge in [0.15, 0.2) is 0 Å². The van der Waals surface area contributed by atoms with Crippen LogP contribution in [0.25, 0.3) is 10.8 Å². The fourth-order valence-electron chi connectivity index (χ4n) is 4.60. The normalized spacial score (nSPS) is 13.2. The summed E-state index contributed by atoms with van der Waals surface area (Å²) in [6.07, 6.45) is 1.61. The third-order valence-electron chi connectivity index (χ3n) is 6.61. The lowest BCUT2D eigenvalue weighted by Crippen LogP contribution is -2.47. The molecule has 0 fully saturated rings. The second kappa shape index (κ2) is 10.7. The highest BCUT2D eigenvalue weighted by molar-refractivity contribution is 6.25. The molecule has 0 bridgehead atoms. The van der Waals surface area contributed by atoms with Gasteiger partial charge in [-0.2, -0.15) is 0 Å². The van der Waals surface area contributed by atoms with Crippen LogP contribution in [0.15, 0.2) is 60.7 Å². The molecule has 0 saturated heterocycles. The molecular weight excluding hydrogens is 438 g/mol. The van der Waals surface area contributed by atoms with Gasteiger partial charge in [0.25, 0.3) is 5.91 Å². The van der Waals surface area contributed by atoms with Crippen molar-refractivity contribution in [3.05, 3.63) is 77.4 Å². The Balaban J connectivity index is 1.45. The van der Waals surface area contributed by atoms with Crippen LogP contribution in [0.4, 0.5) is 5.69 Å². The molecule has 6 nitrogen and oxygen atoms in total.